The van der Waals surface area contributed by atoms with Crippen LogP contribution in [0.5, 0.6) is 17.6 Å². The molecule has 0 saturated heterocycles. The first-order valence-electron chi connectivity index (χ1n) is 7.46. The second kappa shape index (κ2) is 7.38. The summed E-state index contributed by atoms with van der Waals surface area (Å²) in [4.78, 5) is 7.51. The molecule has 0 aliphatic carbocycles. The van der Waals surface area contributed by atoms with Gasteiger partial charge < -0.3 is 9.47 Å². The Balaban J connectivity index is 1.71. The zero-order chi connectivity index (χ0) is 18.6. The monoisotopic (exact) mass is 364 g/mol. The normalized spacial score (nSPS) is 11.2. The number of hydrogen-bond donors (Lipinski definition) is 0. The SMILES string of the molecule is Fc1cnc(OCc2ccccc2)nc1Oc1ccc(C(F)(F)F)cc1. The summed E-state index contributed by atoms with van der Waals surface area (Å²) < 4.78 is 62.0. The summed E-state index contributed by atoms with van der Waals surface area (Å²) in [5.41, 5.74) is 0.0329. The van der Waals surface area contributed by atoms with E-state index in [1.54, 1.807) is 0 Å². The maximum absolute atomic E-state index is 13.8. The van der Waals surface area contributed by atoms with Crippen LogP contribution in [0.1, 0.15) is 11.1 Å². The van der Waals surface area contributed by atoms with Gasteiger partial charge in [0.2, 0.25) is 5.82 Å². The Kier molecular flexibility index (Phi) is 5.01. The summed E-state index contributed by atoms with van der Waals surface area (Å²) in [5, 5.41) is 0. The van der Waals surface area contributed by atoms with Gasteiger partial charge in [0.1, 0.15) is 12.4 Å². The summed E-state index contributed by atoms with van der Waals surface area (Å²) in [5.74, 6) is -1.30. The van der Waals surface area contributed by atoms with Crippen LogP contribution in [0.25, 0.3) is 0 Å². The van der Waals surface area contributed by atoms with Crippen molar-refractivity contribution in [2.75, 3.05) is 0 Å². The first-order chi connectivity index (χ1) is 12.4. The van der Waals surface area contributed by atoms with Crippen molar-refractivity contribution in [3.8, 4) is 17.6 Å². The molecular weight excluding hydrogens is 352 g/mol. The second-order valence-electron chi connectivity index (χ2n) is 5.20. The molecule has 1 heterocycles. The highest BCUT2D eigenvalue weighted by atomic mass is 19.4. The van der Waals surface area contributed by atoms with Gasteiger partial charge in [-0.25, -0.2) is 4.98 Å². The van der Waals surface area contributed by atoms with E-state index >= 15 is 0 Å². The Morgan fingerprint density at radius 1 is 0.923 bits per heavy atom. The number of rotatable bonds is 5. The largest absolute Gasteiger partial charge is 0.459 e. The van der Waals surface area contributed by atoms with Crippen molar-refractivity contribution in [3.63, 3.8) is 0 Å². The van der Waals surface area contributed by atoms with E-state index in [2.05, 4.69) is 9.97 Å². The van der Waals surface area contributed by atoms with Gasteiger partial charge in [-0.2, -0.15) is 22.5 Å². The molecule has 0 aliphatic rings. The minimum absolute atomic E-state index is 0.00427. The fraction of sp³-hybridized carbons (Fsp3) is 0.111. The van der Waals surface area contributed by atoms with E-state index in [1.807, 2.05) is 30.3 Å². The summed E-state index contributed by atoms with van der Waals surface area (Å²) >= 11 is 0. The van der Waals surface area contributed by atoms with E-state index in [1.165, 1.54) is 0 Å². The molecule has 0 atom stereocenters. The molecule has 2 aromatic carbocycles. The van der Waals surface area contributed by atoms with Gasteiger partial charge in [0, 0.05) is 0 Å². The molecule has 0 bridgehead atoms. The molecule has 4 nitrogen and oxygen atoms in total. The molecule has 1 aromatic heterocycles. The number of alkyl halides is 3. The van der Waals surface area contributed by atoms with Gasteiger partial charge in [-0.1, -0.05) is 30.3 Å². The molecule has 26 heavy (non-hydrogen) atoms. The number of benzene rings is 2. The van der Waals surface area contributed by atoms with Crippen molar-refractivity contribution < 1.29 is 27.0 Å². The number of nitrogens with zero attached hydrogens (tertiary/aromatic N) is 2. The van der Waals surface area contributed by atoms with Crippen LogP contribution >= 0.6 is 0 Å². The summed E-state index contributed by atoms with van der Waals surface area (Å²) in [6.45, 7) is 0.173. The van der Waals surface area contributed by atoms with Crippen LogP contribution in [0, 0.1) is 5.82 Å². The summed E-state index contributed by atoms with van der Waals surface area (Å²) in [7, 11) is 0. The van der Waals surface area contributed by atoms with Gasteiger partial charge in [0.05, 0.1) is 11.8 Å². The third-order valence-electron chi connectivity index (χ3n) is 3.30. The maximum Gasteiger partial charge on any atom is 0.416 e. The zero-order valence-electron chi connectivity index (χ0n) is 13.2. The molecule has 0 aliphatic heterocycles. The number of hydrogen-bond acceptors (Lipinski definition) is 4. The molecule has 134 valence electrons. The zero-order valence-corrected chi connectivity index (χ0v) is 13.2. The lowest BCUT2D eigenvalue weighted by Crippen LogP contribution is -2.04. The predicted octanol–water partition coefficient (Wildman–Crippen LogP) is 5.01. The van der Waals surface area contributed by atoms with E-state index in [0.717, 1.165) is 36.0 Å². The van der Waals surface area contributed by atoms with Crippen LogP contribution in [0.15, 0.2) is 60.8 Å². The average molecular weight is 364 g/mol. The van der Waals surface area contributed by atoms with Gasteiger partial charge >= 0.3 is 12.2 Å². The molecule has 8 heteroatoms. The van der Waals surface area contributed by atoms with Crippen molar-refractivity contribution in [1.29, 1.82) is 0 Å². The Hall–Kier alpha value is -3.16. The van der Waals surface area contributed by atoms with E-state index in [4.69, 9.17) is 9.47 Å². The third kappa shape index (κ3) is 4.47. The standard InChI is InChI=1S/C18H12F4N2O2/c19-15-10-23-17(25-11-12-4-2-1-3-5-12)24-16(15)26-14-8-6-13(7-9-14)18(20,21)22/h1-10H,11H2. The van der Waals surface area contributed by atoms with Gasteiger partial charge in [-0.05, 0) is 29.8 Å². The molecule has 3 aromatic rings. The lowest BCUT2D eigenvalue weighted by atomic mass is 10.2. The minimum atomic E-state index is -4.46. The molecule has 0 spiro atoms. The van der Waals surface area contributed by atoms with Crippen molar-refractivity contribution in [1.82, 2.24) is 9.97 Å². The van der Waals surface area contributed by atoms with Gasteiger partial charge in [0.15, 0.2) is 0 Å². The van der Waals surface area contributed by atoms with Crippen LogP contribution in [0.4, 0.5) is 17.6 Å². The van der Waals surface area contributed by atoms with E-state index in [9.17, 15) is 17.6 Å². The summed E-state index contributed by atoms with van der Waals surface area (Å²) in [6, 6.07) is 12.9. The second-order valence-corrected chi connectivity index (χ2v) is 5.20. The Bertz CT molecular complexity index is 869. The van der Waals surface area contributed by atoms with Crippen LogP contribution < -0.4 is 9.47 Å². The number of halogens is 4. The molecular formula is C18H12F4N2O2. The van der Waals surface area contributed by atoms with Crippen LogP contribution in [-0.4, -0.2) is 9.97 Å². The van der Waals surface area contributed by atoms with Crippen LogP contribution in [-0.2, 0) is 12.8 Å². The topological polar surface area (TPSA) is 44.2 Å². The highest BCUT2D eigenvalue weighted by Crippen LogP contribution is 2.31. The Morgan fingerprint density at radius 2 is 1.62 bits per heavy atom. The van der Waals surface area contributed by atoms with E-state index < -0.39 is 23.4 Å². The van der Waals surface area contributed by atoms with Gasteiger partial charge in [-0.15, -0.1) is 0 Å². The average Bonchev–Trinajstić information content (AvgIpc) is 2.63. The third-order valence-corrected chi connectivity index (χ3v) is 3.30. The fourth-order valence-electron chi connectivity index (χ4n) is 2.02. The van der Waals surface area contributed by atoms with Gasteiger partial charge in [-0.3, -0.25) is 0 Å². The molecule has 0 amide bonds. The first kappa shape index (κ1) is 17.7. The van der Waals surface area contributed by atoms with Gasteiger partial charge in [0.25, 0.3) is 5.88 Å². The molecule has 0 unspecified atom stereocenters. The summed E-state index contributed by atoms with van der Waals surface area (Å²) in [6.07, 6.45) is -3.59. The lowest BCUT2D eigenvalue weighted by Gasteiger charge is -2.10. The van der Waals surface area contributed by atoms with E-state index in [-0.39, 0.29) is 18.4 Å². The maximum atomic E-state index is 13.8. The lowest BCUT2D eigenvalue weighted by molar-refractivity contribution is -0.137. The van der Waals surface area contributed by atoms with Crippen LogP contribution in [0.3, 0.4) is 0 Å². The van der Waals surface area contributed by atoms with E-state index in [0.29, 0.717) is 0 Å². The van der Waals surface area contributed by atoms with Crippen LogP contribution in [0.2, 0.25) is 0 Å². The molecule has 0 saturated carbocycles. The Morgan fingerprint density at radius 3 is 2.27 bits per heavy atom. The smallest absolute Gasteiger partial charge is 0.416 e. The van der Waals surface area contributed by atoms with Crippen molar-refractivity contribution in [3.05, 3.63) is 77.7 Å². The van der Waals surface area contributed by atoms with Crippen molar-refractivity contribution in [2.45, 2.75) is 12.8 Å². The van der Waals surface area contributed by atoms with Crippen molar-refractivity contribution in [2.24, 2.45) is 0 Å². The fourth-order valence-corrected chi connectivity index (χ4v) is 2.02. The van der Waals surface area contributed by atoms with Crippen molar-refractivity contribution >= 4 is 0 Å². The molecule has 0 fully saturated rings. The highest BCUT2D eigenvalue weighted by molar-refractivity contribution is 5.32. The molecule has 0 radical (unpaired) electrons. The number of aromatic nitrogens is 2. The minimum Gasteiger partial charge on any atom is -0.459 e. The Labute approximate surface area is 146 Å². The quantitative estimate of drug-likeness (QED) is 0.597. The predicted molar refractivity (Wildman–Crippen MR) is 84.3 cm³/mol. The number of ether oxygens (including phenoxy) is 2. The molecule has 0 N–H and O–H groups in total. The molecule has 3 rings (SSSR count). The highest BCUT2D eigenvalue weighted by Gasteiger charge is 2.30. The first-order valence-corrected chi connectivity index (χ1v) is 7.46.